The fraction of sp³-hybridized carbons (Fsp3) is 0.424. The maximum Gasteiger partial charge on any atom is 0.340 e. The van der Waals surface area contributed by atoms with Gasteiger partial charge in [0.25, 0.3) is 0 Å². The van der Waals surface area contributed by atoms with E-state index in [1.807, 2.05) is 60.7 Å². The Morgan fingerprint density at radius 3 is 1.63 bits per heavy atom. The van der Waals surface area contributed by atoms with E-state index in [9.17, 15) is 4.79 Å². The molecule has 5 heteroatoms. The number of hydrogen-bond donors (Lipinski definition) is 0. The Labute approximate surface area is 227 Å². The number of cyclic esters (lactones) is 1. The van der Waals surface area contributed by atoms with Gasteiger partial charge in [0, 0.05) is 16.7 Å². The minimum atomic E-state index is -1.07. The van der Waals surface area contributed by atoms with E-state index in [2.05, 4.69) is 13.8 Å². The summed E-state index contributed by atoms with van der Waals surface area (Å²) < 4.78 is 23.6. The Balaban J connectivity index is 1.62. The number of methoxy groups -OCH3 is 1. The Bertz CT molecular complexity index is 1110. The molecule has 202 valence electrons. The second kappa shape index (κ2) is 13.4. The van der Waals surface area contributed by atoms with Crippen LogP contribution in [0, 0.1) is 0 Å². The Kier molecular flexibility index (Phi) is 9.69. The first kappa shape index (κ1) is 27.6. The number of fused-ring (bicyclic) bond motifs is 1. The van der Waals surface area contributed by atoms with Gasteiger partial charge >= 0.3 is 5.97 Å². The van der Waals surface area contributed by atoms with Crippen molar-refractivity contribution in [2.24, 2.45) is 0 Å². The predicted molar refractivity (Wildman–Crippen MR) is 150 cm³/mol. The van der Waals surface area contributed by atoms with Crippen LogP contribution in [0.2, 0.25) is 0 Å². The van der Waals surface area contributed by atoms with Crippen LogP contribution >= 0.6 is 0 Å². The molecule has 1 aliphatic rings. The lowest BCUT2D eigenvalue weighted by Crippen LogP contribution is -2.29. The molecule has 0 amide bonds. The Morgan fingerprint density at radius 1 is 0.658 bits per heavy atom. The molecule has 0 spiro atoms. The molecule has 0 aliphatic carbocycles. The van der Waals surface area contributed by atoms with Crippen molar-refractivity contribution in [3.63, 3.8) is 0 Å². The minimum absolute atomic E-state index is 0.369. The molecule has 0 saturated heterocycles. The zero-order chi connectivity index (χ0) is 26.8. The van der Waals surface area contributed by atoms with E-state index in [4.69, 9.17) is 18.9 Å². The fourth-order valence-corrected chi connectivity index (χ4v) is 4.98. The van der Waals surface area contributed by atoms with Crippen molar-refractivity contribution in [3.8, 4) is 17.2 Å². The third-order valence-corrected chi connectivity index (χ3v) is 7.13. The molecule has 0 radical (unpaired) electrons. The number of carbonyl (C=O) groups excluding carboxylic acids is 1. The van der Waals surface area contributed by atoms with Gasteiger partial charge in [-0.15, -0.1) is 0 Å². The molecule has 5 nitrogen and oxygen atoms in total. The standard InChI is InChI=1S/C33H40O5/c1-4-6-8-10-22-36-27-16-12-25(13-17-27)33(31-21-20-29(35-3)24-30(31)32(34)38-33)26-14-18-28(19-15-26)37-23-11-9-7-5-2/h12-21,24H,4-11,22-23H2,1-3H3. The van der Waals surface area contributed by atoms with Crippen LogP contribution in [0.3, 0.4) is 0 Å². The highest BCUT2D eigenvalue weighted by Crippen LogP contribution is 2.48. The number of carbonyl (C=O) groups is 1. The molecule has 38 heavy (non-hydrogen) atoms. The first-order valence-corrected chi connectivity index (χ1v) is 14.0. The van der Waals surface area contributed by atoms with Gasteiger partial charge in [-0.1, -0.05) is 76.6 Å². The van der Waals surface area contributed by atoms with Gasteiger partial charge in [-0.25, -0.2) is 4.79 Å². The maximum atomic E-state index is 13.2. The Morgan fingerprint density at radius 2 is 1.16 bits per heavy atom. The average Bonchev–Trinajstić information content (AvgIpc) is 3.26. The highest BCUT2D eigenvalue weighted by atomic mass is 16.6. The topological polar surface area (TPSA) is 54.0 Å². The summed E-state index contributed by atoms with van der Waals surface area (Å²) in [5.74, 6) is 1.87. The van der Waals surface area contributed by atoms with E-state index >= 15 is 0 Å². The highest BCUT2D eigenvalue weighted by Gasteiger charge is 2.48. The largest absolute Gasteiger partial charge is 0.497 e. The summed E-state index contributed by atoms with van der Waals surface area (Å²) in [6, 6.07) is 21.4. The van der Waals surface area contributed by atoms with Gasteiger partial charge < -0.3 is 18.9 Å². The molecule has 0 N–H and O–H groups in total. The SMILES string of the molecule is CCCCCCOc1ccc(C2(c3ccc(OCCCCCC)cc3)OC(=O)c3cc(OC)ccc32)cc1. The van der Waals surface area contributed by atoms with Crippen molar-refractivity contribution >= 4 is 5.97 Å². The molecular weight excluding hydrogens is 476 g/mol. The van der Waals surface area contributed by atoms with Crippen LogP contribution in [0.15, 0.2) is 66.7 Å². The van der Waals surface area contributed by atoms with Gasteiger partial charge in [-0.2, -0.15) is 0 Å². The lowest BCUT2D eigenvalue weighted by Gasteiger charge is -2.30. The lowest BCUT2D eigenvalue weighted by molar-refractivity contribution is 0.0251. The van der Waals surface area contributed by atoms with Crippen molar-refractivity contribution in [3.05, 3.63) is 89.0 Å². The van der Waals surface area contributed by atoms with Gasteiger partial charge in [0.15, 0.2) is 5.60 Å². The number of rotatable bonds is 15. The van der Waals surface area contributed by atoms with Crippen LogP contribution < -0.4 is 14.2 Å². The average molecular weight is 517 g/mol. The van der Waals surface area contributed by atoms with Gasteiger partial charge in [0.1, 0.15) is 17.2 Å². The molecule has 3 aromatic rings. The molecule has 3 aromatic carbocycles. The molecular formula is C33H40O5. The summed E-state index contributed by atoms with van der Waals surface area (Å²) in [6.07, 6.45) is 9.29. The third-order valence-electron chi connectivity index (χ3n) is 7.13. The van der Waals surface area contributed by atoms with Gasteiger partial charge in [0.2, 0.25) is 0 Å². The van der Waals surface area contributed by atoms with E-state index in [0.717, 1.165) is 41.0 Å². The molecule has 0 aromatic heterocycles. The molecule has 0 unspecified atom stereocenters. The molecule has 0 bridgehead atoms. The monoisotopic (exact) mass is 516 g/mol. The van der Waals surface area contributed by atoms with Crippen LogP contribution in [0.4, 0.5) is 0 Å². The predicted octanol–water partition coefficient (Wildman–Crippen LogP) is 8.08. The first-order chi connectivity index (χ1) is 18.6. The van der Waals surface area contributed by atoms with E-state index in [0.29, 0.717) is 24.5 Å². The molecule has 0 saturated carbocycles. The van der Waals surface area contributed by atoms with Crippen molar-refractivity contribution in [2.45, 2.75) is 70.8 Å². The summed E-state index contributed by atoms with van der Waals surface area (Å²) in [5, 5.41) is 0. The van der Waals surface area contributed by atoms with Crippen LogP contribution in [0.25, 0.3) is 0 Å². The summed E-state index contributed by atoms with van der Waals surface area (Å²) >= 11 is 0. The number of hydrogen-bond acceptors (Lipinski definition) is 5. The van der Waals surface area contributed by atoms with Crippen LogP contribution in [-0.2, 0) is 10.3 Å². The van der Waals surface area contributed by atoms with Crippen molar-refractivity contribution < 1.29 is 23.7 Å². The van der Waals surface area contributed by atoms with Gasteiger partial charge in [-0.05, 0) is 55.3 Å². The normalized spacial score (nSPS) is 13.6. The van der Waals surface area contributed by atoms with Crippen LogP contribution in [0.5, 0.6) is 17.2 Å². The molecule has 4 rings (SSSR count). The zero-order valence-corrected chi connectivity index (χ0v) is 23.0. The second-order valence-corrected chi connectivity index (χ2v) is 9.85. The first-order valence-electron chi connectivity index (χ1n) is 14.0. The van der Waals surface area contributed by atoms with Gasteiger partial charge in [0.05, 0.1) is 25.9 Å². The number of ether oxygens (including phenoxy) is 4. The Hall–Kier alpha value is -3.47. The van der Waals surface area contributed by atoms with E-state index in [1.54, 1.807) is 13.2 Å². The van der Waals surface area contributed by atoms with Crippen molar-refractivity contribution in [1.29, 1.82) is 0 Å². The maximum absolute atomic E-state index is 13.2. The molecule has 0 atom stereocenters. The van der Waals surface area contributed by atoms with Crippen molar-refractivity contribution in [1.82, 2.24) is 0 Å². The quantitative estimate of drug-likeness (QED) is 0.151. The van der Waals surface area contributed by atoms with Crippen LogP contribution in [-0.4, -0.2) is 26.3 Å². The van der Waals surface area contributed by atoms with Crippen molar-refractivity contribution in [2.75, 3.05) is 20.3 Å². The highest BCUT2D eigenvalue weighted by molar-refractivity contribution is 5.96. The molecule has 0 fully saturated rings. The zero-order valence-electron chi connectivity index (χ0n) is 23.0. The van der Waals surface area contributed by atoms with E-state index in [1.165, 1.54) is 38.5 Å². The van der Waals surface area contributed by atoms with Crippen LogP contribution in [0.1, 0.15) is 92.3 Å². The fourth-order valence-electron chi connectivity index (χ4n) is 4.98. The summed E-state index contributed by atoms with van der Waals surface area (Å²) in [4.78, 5) is 13.2. The van der Waals surface area contributed by atoms with E-state index in [-0.39, 0.29) is 5.97 Å². The lowest BCUT2D eigenvalue weighted by atomic mass is 9.80. The summed E-state index contributed by atoms with van der Waals surface area (Å²) in [7, 11) is 1.59. The third kappa shape index (κ3) is 6.15. The molecule has 1 heterocycles. The van der Waals surface area contributed by atoms with Gasteiger partial charge in [-0.3, -0.25) is 0 Å². The minimum Gasteiger partial charge on any atom is -0.497 e. The second-order valence-electron chi connectivity index (χ2n) is 9.85. The molecule has 1 aliphatic heterocycles. The van der Waals surface area contributed by atoms with E-state index < -0.39 is 5.60 Å². The summed E-state index contributed by atoms with van der Waals surface area (Å²) in [6.45, 7) is 5.80. The number of esters is 1. The number of benzene rings is 3. The summed E-state index contributed by atoms with van der Waals surface area (Å²) in [5.41, 5.74) is 1.96. The smallest absolute Gasteiger partial charge is 0.340 e. The number of unbranched alkanes of at least 4 members (excludes halogenated alkanes) is 6.